The Kier molecular flexibility index (Phi) is 7.16. The molecular weight excluding hydrogens is 399 g/mol. The number of rotatable bonds is 8. The summed E-state index contributed by atoms with van der Waals surface area (Å²) in [5.74, 6) is -0.561. The van der Waals surface area contributed by atoms with E-state index in [0.29, 0.717) is 17.3 Å². The van der Waals surface area contributed by atoms with Gasteiger partial charge in [0.15, 0.2) is 0 Å². The summed E-state index contributed by atoms with van der Waals surface area (Å²) in [6.45, 7) is 0.671. The van der Waals surface area contributed by atoms with Gasteiger partial charge in [-0.2, -0.15) is 0 Å². The van der Waals surface area contributed by atoms with Crippen molar-refractivity contribution >= 4 is 38.9 Å². The lowest BCUT2D eigenvalue weighted by Crippen LogP contribution is -2.30. The Morgan fingerprint density at radius 1 is 1.15 bits per heavy atom. The van der Waals surface area contributed by atoms with Gasteiger partial charge in [0.05, 0.1) is 15.8 Å². The van der Waals surface area contributed by atoms with Crippen molar-refractivity contribution in [2.45, 2.75) is 24.3 Å². The highest BCUT2D eigenvalue weighted by atomic mass is 35.5. The van der Waals surface area contributed by atoms with Crippen LogP contribution >= 0.6 is 22.9 Å². The third kappa shape index (κ3) is 5.51. The highest BCUT2D eigenvalue weighted by molar-refractivity contribution is 7.89. The fourth-order valence-corrected chi connectivity index (χ4v) is 4.66. The minimum atomic E-state index is -3.69. The number of carbonyl (C=O) groups is 1. The number of thiophene rings is 1. The summed E-state index contributed by atoms with van der Waals surface area (Å²) < 4.78 is 39.6. The van der Waals surface area contributed by atoms with Crippen LogP contribution in [0.15, 0.2) is 41.3 Å². The predicted molar refractivity (Wildman–Crippen MR) is 101 cm³/mol. The molecule has 0 fully saturated rings. The molecule has 1 aromatic heterocycles. The lowest BCUT2D eigenvalue weighted by molar-refractivity contribution is -0.130. The molecule has 0 aliphatic rings. The maximum Gasteiger partial charge on any atom is 0.242 e. The zero-order valence-electron chi connectivity index (χ0n) is 14.5. The number of benzene rings is 1. The first-order valence-corrected chi connectivity index (χ1v) is 10.5. The summed E-state index contributed by atoms with van der Waals surface area (Å²) in [6.07, 6.45) is 0.629. The Morgan fingerprint density at radius 2 is 1.81 bits per heavy atom. The van der Waals surface area contributed by atoms with Crippen molar-refractivity contribution in [3.05, 3.63) is 51.4 Å². The molecule has 26 heavy (non-hydrogen) atoms. The van der Waals surface area contributed by atoms with E-state index in [1.54, 1.807) is 18.0 Å². The Morgan fingerprint density at radius 3 is 2.38 bits per heavy atom. The minimum absolute atomic E-state index is 0.0272. The van der Waals surface area contributed by atoms with Crippen molar-refractivity contribution in [3.63, 3.8) is 0 Å². The summed E-state index contributed by atoms with van der Waals surface area (Å²) in [5, 5.41) is 0. The van der Waals surface area contributed by atoms with E-state index in [9.17, 15) is 17.6 Å². The van der Waals surface area contributed by atoms with Gasteiger partial charge in [-0.1, -0.05) is 11.6 Å². The smallest absolute Gasteiger partial charge is 0.242 e. The molecule has 0 unspecified atom stereocenters. The molecule has 0 aliphatic heterocycles. The van der Waals surface area contributed by atoms with E-state index in [1.165, 1.54) is 34.8 Å². The van der Waals surface area contributed by atoms with Gasteiger partial charge in [0.1, 0.15) is 5.82 Å². The van der Waals surface area contributed by atoms with Crippen LogP contribution in [0.4, 0.5) is 4.39 Å². The third-order valence-corrected chi connectivity index (χ3v) is 6.92. The molecule has 9 heteroatoms. The van der Waals surface area contributed by atoms with Crippen LogP contribution < -0.4 is 0 Å². The van der Waals surface area contributed by atoms with Crippen molar-refractivity contribution in [3.8, 4) is 0 Å². The lowest BCUT2D eigenvalue weighted by Gasteiger charge is -2.19. The highest BCUT2D eigenvalue weighted by Gasteiger charge is 2.21. The number of amides is 1. The van der Waals surface area contributed by atoms with Crippen molar-refractivity contribution in [2.75, 3.05) is 20.6 Å². The molecule has 5 nitrogen and oxygen atoms in total. The first kappa shape index (κ1) is 20.8. The summed E-state index contributed by atoms with van der Waals surface area (Å²) in [5.41, 5.74) is 0. The second-order valence-electron chi connectivity index (χ2n) is 5.84. The molecule has 1 amide bonds. The highest BCUT2D eigenvalue weighted by Crippen LogP contribution is 2.22. The number of halogens is 2. The minimum Gasteiger partial charge on any atom is -0.341 e. The first-order valence-electron chi connectivity index (χ1n) is 7.90. The van der Waals surface area contributed by atoms with E-state index < -0.39 is 15.8 Å². The maximum absolute atomic E-state index is 12.9. The SMILES string of the molecule is CN(Cc1ccc(Cl)s1)C(=O)CCCN(C)S(=O)(=O)c1ccc(F)cc1. The van der Waals surface area contributed by atoms with Gasteiger partial charge in [-0.25, -0.2) is 17.1 Å². The molecule has 0 N–H and O–H groups in total. The topological polar surface area (TPSA) is 57.7 Å². The zero-order chi connectivity index (χ0) is 19.3. The van der Waals surface area contributed by atoms with Gasteiger partial charge in [-0.05, 0) is 42.8 Å². The summed E-state index contributed by atoms with van der Waals surface area (Å²) >= 11 is 7.30. The number of carbonyl (C=O) groups excluding carboxylic acids is 1. The summed E-state index contributed by atoms with van der Waals surface area (Å²) in [7, 11) is -0.543. The monoisotopic (exact) mass is 418 g/mol. The molecule has 0 spiro atoms. The van der Waals surface area contributed by atoms with Gasteiger partial charge in [0.2, 0.25) is 15.9 Å². The number of nitrogens with zero attached hydrogens (tertiary/aromatic N) is 2. The summed E-state index contributed by atoms with van der Waals surface area (Å²) in [4.78, 5) is 14.8. The van der Waals surface area contributed by atoms with Gasteiger partial charge in [-0.15, -0.1) is 11.3 Å². The molecule has 1 aromatic carbocycles. The van der Waals surface area contributed by atoms with Gasteiger partial charge in [0.25, 0.3) is 0 Å². The van der Waals surface area contributed by atoms with Crippen LogP contribution in [0.2, 0.25) is 4.34 Å². The molecule has 0 radical (unpaired) electrons. The van der Waals surface area contributed by atoms with Gasteiger partial charge in [0, 0.05) is 31.9 Å². The van der Waals surface area contributed by atoms with E-state index in [1.807, 2.05) is 6.07 Å². The first-order chi connectivity index (χ1) is 12.2. The van der Waals surface area contributed by atoms with E-state index >= 15 is 0 Å². The molecule has 0 atom stereocenters. The van der Waals surface area contributed by atoms with Gasteiger partial charge in [-0.3, -0.25) is 4.79 Å². The van der Waals surface area contributed by atoms with Crippen LogP contribution in [0.25, 0.3) is 0 Å². The fraction of sp³-hybridized carbons (Fsp3) is 0.353. The lowest BCUT2D eigenvalue weighted by atomic mass is 10.2. The maximum atomic E-state index is 12.9. The molecule has 0 saturated carbocycles. The van der Waals surface area contributed by atoms with Gasteiger partial charge < -0.3 is 4.90 Å². The van der Waals surface area contributed by atoms with Gasteiger partial charge >= 0.3 is 0 Å². The van der Waals surface area contributed by atoms with Crippen LogP contribution in [-0.2, 0) is 21.4 Å². The molecule has 1 heterocycles. The Labute approximate surface area is 162 Å². The molecule has 0 bridgehead atoms. The average molecular weight is 419 g/mol. The number of sulfonamides is 1. The number of hydrogen-bond donors (Lipinski definition) is 0. The Hall–Kier alpha value is -1.48. The van der Waals surface area contributed by atoms with Crippen LogP contribution in [0, 0.1) is 5.82 Å². The van der Waals surface area contributed by atoms with Crippen molar-refractivity contribution in [1.82, 2.24) is 9.21 Å². The van der Waals surface area contributed by atoms with Crippen LogP contribution in [0.3, 0.4) is 0 Å². The van der Waals surface area contributed by atoms with E-state index in [4.69, 9.17) is 11.6 Å². The Balaban J connectivity index is 1.84. The largest absolute Gasteiger partial charge is 0.341 e. The molecule has 2 rings (SSSR count). The molecule has 0 aliphatic carbocycles. The molecule has 2 aromatic rings. The van der Waals surface area contributed by atoms with E-state index in [-0.39, 0.29) is 23.8 Å². The standard InChI is InChI=1S/C17H20ClFN2O3S2/c1-20(12-14-7-10-16(18)25-14)17(22)4-3-11-21(2)26(23,24)15-8-5-13(19)6-9-15/h5-10H,3-4,11-12H2,1-2H3. The van der Waals surface area contributed by atoms with Crippen molar-refractivity contribution < 1.29 is 17.6 Å². The number of hydrogen-bond acceptors (Lipinski definition) is 4. The second-order valence-corrected chi connectivity index (χ2v) is 9.68. The van der Waals surface area contributed by atoms with Crippen molar-refractivity contribution in [2.24, 2.45) is 0 Å². The van der Waals surface area contributed by atoms with Crippen LogP contribution in [-0.4, -0.2) is 44.2 Å². The normalized spacial score (nSPS) is 11.7. The average Bonchev–Trinajstić information content (AvgIpc) is 2.99. The Bertz CT molecular complexity index is 853. The predicted octanol–water partition coefficient (Wildman–Crippen LogP) is 3.60. The third-order valence-electron chi connectivity index (χ3n) is 3.83. The van der Waals surface area contributed by atoms with Crippen molar-refractivity contribution in [1.29, 1.82) is 0 Å². The van der Waals surface area contributed by atoms with Crippen LogP contribution in [0.5, 0.6) is 0 Å². The van der Waals surface area contributed by atoms with E-state index in [2.05, 4.69) is 0 Å². The molecule has 142 valence electrons. The van der Waals surface area contributed by atoms with Crippen LogP contribution in [0.1, 0.15) is 17.7 Å². The van der Waals surface area contributed by atoms with E-state index in [0.717, 1.165) is 17.0 Å². The second kappa shape index (κ2) is 8.94. The quantitative estimate of drug-likeness (QED) is 0.658. The zero-order valence-corrected chi connectivity index (χ0v) is 16.9. The molecular formula is C17H20ClFN2O3S2. The summed E-state index contributed by atoms with van der Waals surface area (Å²) in [6, 6.07) is 8.33. The molecule has 0 saturated heterocycles. The fourth-order valence-electron chi connectivity index (χ4n) is 2.31.